The average Bonchev–Trinajstić information content (AvgIpc) is 2.18. The van der Waals surface area contributed by atoms with Crippen LogP contribution in [0.25, 0.3) is 0 Å². The maximum atomic E-state index is 12.5. The van der Waals surface area contributed by atoms with E-state index in [0.717, 1.165) is 0 Å². The zero-order chi connectivity index (χ0) is 13.2. The third-order valence-corrected chi connectivity index (χ3v) is 2.77. The van der Waals surface area contributed by atoms with Gasteiger partial charge in [-0.05, 0) is 32.5 Å². The average molecular weight is 366 g/mol. The van der Waals surface area contributed by atoms with Crippen molar-refractivity contribution < 1.29 is 27.2 Å². The largest absolute Gasteiger partial charge is 0.573 e. The number of hydrogen-bond donors (Lipinski definition) is 0. The number of alkyl halides is 4. The van der Waals surface area contributed by atoms with Crippen molar-refractivity contribution >= 4 is 28.4 Å². The molecule has 0 aliphatic heterocycles. The van der Waals surface area contributed by atoms with Crippen molar-refractivity contribution in [1.29, 1.82) is 0 Å². The van der Waals surface area contributed by atoms with Crippen LogP contribution in [0.1, 0.15) is 5.56 Å². The molecule has 0 spiro atoms. The number of aromatic nitrogens is 1. The molecule has 10 heteroatoms. The van der Waals surface area contributed by atoms with Gasteiger partial charge in [-0.25, -0.2) is 4.39 Å². The third-order valence-electron chi connectivity index (χ3n) is 1.59. The first-order chi connectivity index (χ1) is 7.76. The molecule has 1 heterocycles. The lowest BCUT2D eigenvalue weighted by Crippen LogP contribution is -2.18. The van der Waals surface area contributed by atoms with E-state index in [1.807, 2.05) is 0 Å². The number of hydrogen-bond acceptors (Lipinski definition) is 4. The van der Waals surface area contributed by atoms with E-state index in [2.05, 4.69) is 9.72 Å². The van der Waals surface area contributed by atoms with Crippen LogP contribution in [0.3, 0.4) is 0 Å². The molecule has 1 aromatic heterocycles. The van der Waals surface area contributed by atoms with Crippen molar-refractivity contribution in [1.82, 2.24) is 4.98 Å². The molecule has 17 heavy (non-hydrogen) atoms. The molecule has 0 atom stereocenters. The van der Waals surface area contributed by atoms with Gasteiger partial charge in [-0.1, -0.05) is 0 Å². The van der Waals surface area contributed by atoms with Crippen molar-refractivity contribution in [2.24, 2.45) is 0 Å². The number of halogens is 5. The Bertz CT molecular complexity index is 451. The van der Waals surface area contributed by atoms with Crippen molar-refractivity contribution in [2.45, 2.75) is 13.0 Å². The number of nitro groups is 1. The number of pyridine rings is 1. The Hall–Kier alpha value is -1.20. The van der Waals surface area contributed by atoms with E-state index in [-0.39, 0.29) is 3.57 Å². The molecule has 0 N–H and O–H groups in total. The summed E-state index contributed by atoms with van der Waals surface area (Å²) in [5.41, 5.74) is -0.544. The highest BCUT2D eigenvalue weighted by Gasteiger charge is 2.34. The Morgan fingerprint density at radius 2 is 2.12 bits per heavy atom. The summed E-state index contributed by atoms with van der Waals surface area (Å²) in [5, 5.41) is 10.4. The van der Waals surface area contributed by atoms with Gasteiger partial charge in [-0.15, -0.1) is 13.2 Å². The normalized spacial score (nSPS) is 11.4. The summed E-state index contributed by atoms with van der Waals surface area (Å²) in [5.74, 6) is -1.59. The first-order valence-corrected chi connectivity index (χ1v) is 4.97. The minimum atomic E-state index is -4.97. The Balaban J connectivity index is 3.25. The van der Waals surface area contributed by atoms with Crippen molar-refractivity contribution in [2.75, 3.05) is 0 Å². The lowest BCUT2D eigenvalue weighted by Gasteiger charge is -2.10. The summed E-state index contributed by atoms with van der Waals surface area (Å²) >= 11 is 1.33. The predicted molar refractivity (Wildman–Crippen MR) is 55.1 cm³/mol. The molecule has 0 amide bonds. The van der Waals surface area contributed by atoms with Crippen LogP contribution in [-0.2, 0) is 6.67 Å². The van der Waals surface area contributed by atoms with Crippen LogP contribution in [0.5, 0.6) is 5.75 Å². The third kappa shape index (κ3) is 3.38. The summed E-state index contributed by atoms with van der Waals surface area (Å²) in [4.78, 5) is 12.6. The van der Waals surface area contributed by atoms with E-state index in [0.29, 0.717) is 6.20 Å². The number of rotatable bonds is 3. The highest BCUT2D eigenvalue weighted by Crippen LogP contribution is 2.33. The first kappa shape index (κ1) is 13.9. The van der Waals surface area contributed by atoms with Crippen LogP contribution in [0.15, 0.2) is 6.20 Å². The summed E-state index contributed by atoms with van der Waals surface area (Å²) < 4.78 is 51.6. The van der Waals surface area contributed by atoms with Crippen LogP contribution >= 0.6 is 22.6 Å². The van der Waals surface area contributed by atoms with Gasteiger partial charge in [0.2, 0.25) is 0 Å². The van der Waals surface area contributed by atoms with E-state index in [4.69, 9.17) is 0 Å². The SMILES string of the molecule is O=[N+]([O-])c1ncc(OC(F)(F)F)c(I)c1CF. The fraction of sp³-hybridized carbons (Fsp3) is 0.286. The quantitative estimate of drug-likeness (QED) is 0.357. The second kappa shape index (κ2) is 4.98. The van der Waals surface area contributed by atoms with Crippen LogP contribution in [0, 0.1) is 13.7 Å². The van der Waals surface area contributed by atoms with Gasteiger partial charge >= 0.3 is 12.2 Å². The van der Waals surface area contributed by atoms with Gasteiger partial charge in [0.1, 0.15) is 6.67 Å². The molecule has 1 aromatic rings. The summed E-state index contributed by atoms with van der Waals surface area (Å²) in [6.07, 6.45) is -4.43. The maximum absolute atomic E-state index is 12.5. The lowest BCUT2D eigenvalue weighted by atomic mass is 10.2. The minimum Gasteiger partial charge on any atom is -0.401 e. The second-order valence-corrected chi connectivity index (χ2v) is 3.76. The topological polar surface area (TPSA) is 65.3 Å². The molecule has 0 aliphatic carbocycles. The van der Waals surface area contributed by atoms with Crippen LogP contribution in [-0.4, -0.2) is 16.3 Å². The minimum absolute atomic E-state index is 0.330. The van der Waals surface area contributed by atoms with Gasteiger partial charge in [0.15, 0.2) is 11.9 Å². The molecule has 0 saturated heterocycles. The smallest absolute Gasteiger partial charge is 0.401 e. The molecule has 0 saturated carbocycles. The Labute approximate surface area is 105 Å². The first-order valence-electron chi connectivity index (χ1n) is 3.89. The van der Waals surface area contributed by atoms with Crippen molar-refractivity contribution in [3.8, 4) is 5.75 Å². The summed E-state index contributed by atoms with van der Waals surface area (Å²) in [6.45, 7) is -1.31. The second-order valence-electron chi connectivity index (χ2n) is 2.68. The summed E-state index contributed by atoms with van der Waals surface area (Å²) in [7, 11) is 0. The molecule has 94 valence electrons. The van der Waals surface area contributed by atoms with Gasteiger partial charge in [0.05, 0.1) is 9.13 Å². The molecule has 5 nitrogen and oxygen atoms in total. The van der Waals surface area contributed by atoms with Gasteiger partial charge in [0, 0.05) is 0 Å². The predicted octanol–water partition coefficient (Wildman–Crippen LogP) is 2.96. The van der Waals surface area contributed by atoms with E-state index < -0.39 is 35.1 Å². The molecular formula is C7H3F4IN2O3. The lowest BCUT2D eigenvalue weighted by molar-refractivity contribution is -0.390. The summed E-state index contributed by atoms with van der Waals surface area (Å²) in [6, 6.07) is 0. The van der Waals surface area contributed by atoms with Gasteiger partial charge in [-0.2, -0.15) is 0 Å². The van der Waals surface area contributed by atoms with Crippen LogP contribution in [0.4, 0.5) is 23.4 Å². The van der Waals surface area contributed by atoms with Crippen molar-refractivity contribution in [3.63, 3.8) is 0 Å². The van der Waals surface area contributed by atoms with Crippen LogP contribution < -0.4 is 4.74 Å². The van der Waals surface area contributed by atoms with E-state index in [1.165, 1.54) is 22.6 Å². The van der Waals surface area contributed by atoms with Crippen molar-refractivity contribution in [3.05, 3.63) is 25.4 Å². The molecule has 0 aromatic carbocycles. The number of ether oxygens (including phenoxy) is 1. The zero-order valence-corrected chi connectivity index (χ0v) is 9.95. The molecule has 1 rings (SSSR count). The highest BCUT2D eigenvalue weighted by molar-refractivity contribution is 14.1. The molecular weight excluding hydrogens is 363 g/mol. The highest BCUT2D eigenvalue weighted by atomic mass is 127. The van der Waals surface area contributed by atoms with E-state index in [9.17, 15) is 27.7 Å². The zero-order valence-electron chi connectivity index (χ0n) is 7.79. The fourth-order valence-corrected chi connectivity index (χ4v) is 1.61. The Morgan fingerprint density at radius 1 is 1.53 bits per heavy atom. The maximum Gasteiger partial charge on any atom is 0.573 e. The Morgan fingerprint density at radius 3 is 2.53 bits per heavy atom. The van der Waals surface area contributed by atoms with Gasteiger partial charge < -0.3 is 14.9 Å². The van der Waals surface area contributed by atoms with Gasteiger partial charge in [0.25, 0.3) is 0 Å². The molecule has 0 fully saturated rings. The monoisotopic (exact) mass is 366 g/mol. The van der Waals surface area contributed by atoms with Crippen LogP contribution in [0.2, 0.25) is 0 Å². The fourth-order valence-electron chi connectivity index (χ4n) is 0.973. The van der Waals surface area contributed by atoms with E-state index >= 15 is 0 Å². The number of nitrogens with zero attached hydrogens (tertiary/aromatic N) is 2. The molecule has 0 aliphatic rings. The van der Waals surface area contributed by atoms with Gasteiger partial charge in [-0.3, -0.25) is 0 Å². The molecule has 0 radical (unpaired) electrons. The molecule has 0 unspecified atom stereocenters. The Kier molecular flexibility index (Phi) is 4.06. The standard InChI is InChI=1S/C7H3F4IN2O3/c8-1-3-5(12)4(17-7(9,10)11)2-13-6(3)14(15)16/h2H,1H2. The molecule has 0 bridgehead atoms. The van der Waals surface area contributed by atoms with E-state index in [1.54, 1.807) is 0 Å².